The number of nitrogens with one attached hydrogen (secondary N) is 1. The van der Waals surface area contributed by atoms with Gasteiger partial charge < -0.3 is 20.3 Å². The van der Waals surface area contributed by atoms with Crippen molar-refractivity contribution >= 4 is 29.2 Å². The lowest BCUT2D eigenvalue weighted by atomic mass is 10.2. The minimum Gasteiger partial charge on any atom is -0.507 e. The van der Waals surface area contributed by atoms with Crippen molar-refractivity contribution < 1.29 is 24.5 Å². The van der Waals surface area contributed by atoms with Gasteiger partial charge in [0.05, 0.1) is 17.9 Å². The fourth-order valence-corrected chi connectivity index (χ4v) is 2.16. The Morgan fingerprint density at radius 2 is 1.92 bits per heavy atom. The Morgan fingerprint density at radius 1 is 1.17 bits per heavy atom. The molecule has 0 atom stereocenters. The van der Waals surface area contributed by atoms with Crippen LogP contribution in [-0.2, 0) is 4.79 Å². The molecule has 0 saturated heterocycles. The zero-order chi connectivity index (χ0) is 17.5. The van der Waals surface area contributed by atoms with E-state index in [9.17, 15) is 14.7 Å². The van der Waals surface area contributed by atoms with Gasteiger partial charge in [-0.2, -0.15) is 0 Å². The van der Waals surface area contributed by atoms with Crippen molar-refractivity contribution in [1.82, 2.24) is 0 Å². The average molecular weight is 350 g/mol. The van der Waals surface area contributed by atoms with E-state index in [1.165, 1.54) is 18.2 Å². The zero-order valence-electron chi connectivity index (χ0n) is 12.7. The van der Waals surface area contributed by atoms with Crippen LogP contribution in [0.4, 0.5) is 5.69 Å². The van der Waals surface area contributed by atoms with E-state index in [0.29, 0.717) is 22.9 Å². The Hall–Kier alpha value is -2.73. The number of phenolic OH excluding ortho intramolecular Hbond substituents is 1. The number of carboxylic acids is 1. The maximum absolute atomic E-state index is 12.3. The van der Waals surface area contributed by atoms with Gasteiger partial charge in [0.25, 0.3) is 5.91 Å². The summed E-state index contributed by atoms with van der Waals surface area (Å²) in [6.45, 7) is 0.188. The van der Waals surface area contributed by atoms with E-state index in [-0.39, 0.29) is 24.3 Å². The van der Waals surface area contributed by atoms with Crippen molar-refractivity contribution in [3.05, 3.63) is 53.1 Å². The lowest BCUT2D eigenvalue weighted by molar-refractivity contribution is -0.137. The molecule has 2 aromatic carbocycles. The quantitative estimate of drug-likeness (QED) is 0.664. The highest BCUT2D eigenvalue weighted by Crippen LogP contribution is 2.29. The fourth-order valence-electron chi connectivity index (χ4n) is 1.99. The van der Waals surface area contributed by atoms with E-state index in [1.807, 2.05) is 0 Å². The Labute approximate surface area is 143 Å². The first-order valence-electron chi connectivity index (χ1n) is 7.21. The molecule has 2 aromatic rings. The summed E-state index contributed by atoms with van der Waals surface area (Å²) in [6, 6.07) is 10.9. The number of aromatic hydroxyl groups is 1. The topological polar surface area (TPSA) is 95.9 Å². The Kier molecular flexibility index (Phi) is 6.03. The van der Waals surface area contributed by atoms with E-state index in [2.05, 4.69) is 5.32 Å². The molecule has 0 aromatic heterocycles. The van der Waals surface area contributed by atoms with Crippen LogP contribution in [0.2, 0.25) is 5.02 Å². The molecular weight excluding hydrogens is 334 g/mol. The number of para-hydroxylation sites is 1. The molecule has 0 aliphatic heterocycles. The van der Waals surface area contributed by atoms with Gasteiger partial charge in [-0.3, -0.25) is 9.59 Å². The molecular formula is C17H16ClNO5. The van der Waals surface area contributed by atoms with Crippen molar-refractivity contribution in [2.45, 2.75) is 12.8 Å². The van der Waals surface area contributed by atoms with Crippen LogP contribution in [0.3, 0.4) is 0 Å². The van der Waals surface area contributed by atoms with Crippen molar-refractivity contribution in [2.24, 2.45) is 0 Å². The molecule has 126 valence electrons. The summed E-state index contributed by atoms with van der Waals surface area (Å²) < 4.78 is 5.51. The molecule has 0 fully saturated rings. The predicted molar refractivity (Wildman–Crippen MR) is 89.9 cm³/mol. The molecule has 0 bridgehead atoms. The van der Waals surface area contributed by atoms with Crippen LogP contribution in [0.15, 0.2) is 42.5 Å². The number of aliphatic carboxylic acids is 1. The number of carboxylic acid groups (broad SMARTS) is 1. The van der Waals surface area contributed by atoms with Gasteiger partial charge in [0.1, 0.15) is 11.5 Å². The van der Waals surface area contributed by atoms with Crippen LogP contribution in [-0.4, -0.2) is 28.7 Å². The predicted octanol–water partition coefficient (Wildman–Crippen LogP) is 3.54. The van der Waals surface area contributed by atoms with Crippen molar-refractivity contribution in [1.29, 1.82) is 0 Å². The van der Waals surface area contributed by atoms with Gasteiger partial charge in [-0.15, -0.1) is 0 Å². The number of carbonyl (C=O) groups excluding carboxylic acids is 1. The number of hydrogen-bond acceptors (Lipinski definition) is 4. The minimum absolute atomic E-state index is 0.00678. The number of ether oxygens (including phenoxy) is 1. The third-order valence-electron chi connectivity index (χ3n) is 3.13. The molecule has 0 heterocycles. The Balaban J connectivity index is 2.11. The number of anilines is 1. The van der Waals surface area contributed by atoms with Gasteiger partial charge in [0.15, 0.2) is 0 Å². The van der Waals surface area contributed by atoms with Gasteiger partial charge in [-0.25, -0.2) is 0 Å². The number of carbonyl (C=O) groups is 2. The number of amides is 1. The molecule has 1 amide bonds. The third kappa shape index (κ3) is 4.89. The summed E-state index contributed by atoms with van der Waals surface area (Å²) in [5.41, 5.74) is 0.459. The number of rotatable bonds is 7. The molecule has 2 rings (SSSR count). The summed E-state index contributed by atoms with van der Waals surface area (Å²) in [7, 11) is 0. The number of phenols is 1. The molecule has 0 aliphatic carbocycles. The maximum atomic E-state index is 12.3. The summed E-state index contributed by atoms with van der Waals surface area (Å²) >= 11 is 5.95. The van der Waals surface area contributed by atoms with E-state index in [4.69, 9.17) is 21.4 Å². The van der Waals surface area contributed by atoms with Gasteiger partial charge in [0, 0.05) is 11.4 Å². The van der Waals surface area contributed by atoms with Crippen LogP contribution >= 0.6 is 11.6 Å². The summed E-state index contributed by atoms with van der Waals surface area (Å²) in [5, 5.41) is 21.4. The summed E-state index contributed by atoms with van der Waals surface area (Å²) in [5.74, 6) is -1.18. The second-order valence-electron chi connectivity index (χ2n) is 4.96. The van der Waals surface area contributed by atoms with Crippen LogP contribution in [0, 0.1) is 0 Å². The number of halogens is 1. The van der Waals surface area contributed by atoms with Gasteiger partial charge in [0.2, 0.25) is 0 Å². The molecule has 0 spiro atoms. The van der Waals surface area contributed by atoms with E-state index < -0.39 is 11.9 Å². The first-order valence-corrected chi connectivity index (χ1v) is 7.58. The summed E-state index contributed by atoms with van der Waals surface area (Å²) in [4.78, 5) is 22.8. The highest BCUT2D eigenvalue weighted by atomic mass is 35.5. The third-order valence-corrected chi connectivity index (χ3v) is 3.37. The smallest absolute Gasteiger partial charge is 0.303 e. The SMILES string of the molecule is O=C(O)CCCOc1ccc(Cl)cc1NC(=O)c1ccccc1O. The van der Waals surface area contributed by atoms with E-state index in [1.54, 1.807) is 24.3 Å². The van der Waals surface area contributed by atoms with E-state index >= 15 is 0 Å². The monoisotopic (exact) mass is 349 g/mol. The lowest BCUT2D eigenvalue weighted by Gasteiger charge is -2.13. The average Bonchev–Trinajstić information content (AvgIpc) is 2.53. The highest BCUT2D eigenvalue weighted by molar-refractivity contribution is 6.31. The molecule has 3 N–H and O–H groups in total. The normalized spacial score (nSPS) is 10.2. The molecule has 0 unspecified atom stereocenters. The van der Waals surface area contributed by atoms with Crippen molar-refractivity contribution in [2.75, 3.05) is 11.9 Å². The second-order valence-corrected chi connectivity index (χ2v) is 5.39. The first-order chi connectivity index (χ1) is 11.5. The van der Waals surface area contributed by atoms with Crippen LogP contribution in [0.5, 0.6) is 11.5 Å². The zero-order valence-corrected chi connectivity index (χ0v) is 13.4. The van der Waals surface area contributed by atoms with Crippen molar-refractivity contribution in [3.63, 3.8) is 0 Å². The van der Waals surface area contributed by atoms with Crippen LogP contribution in [0.25, 0.3) is 0 Å². The van der Waals surface area contributed by atoms with E-state index in [0.717, 1.165) is 0 Å². The first kappa shape index (κ1) is 17.6. The molecule has 7 heteroatoms. The molecule has 0 aliphatic rings. The minimum atomic E-state index is -0.900. The second kappa shape index (κ2) is 8.21. The summed E-state index contributed by atoms with van der Waals surface area (Å²) in [6.07, 6.45) is 0.331. The molecule has 24 heavy (non-hydrogen) atoms. The van der Waals surface area contributed by atoms with Crippen LogP contribution < -0.4 is 10.1 Å². The molecule has 0 radical (unpaired) electrons. The number of benzene rings is 2. The molecule has 0 saturated carbocycles. The van der Waals surface area contributed by atoms with Gasteiger partial charge in [-0.1, -0.05) is 23.7 Å². The van der Waals surface area contributed by atoms with Gasteiger partial charge >= 0.3 is 5.97 Å². The largest absolute Gasteiger partial charge is 0.507 e. The van der Waals surface area contributed by atoms with Crippen LogP contribution in [0.1, 0.15) is 23.2 Å². The maximum Gasteiger partial charge on any atom is 0.303 e. The number of hydrogen-bond donors (Lipinski definition) is 3. The fraction of sp³-hybridized carbons (Fsp3) is 0.176. The lowest BCUT2D eigenvalue weighted by Crippen LogP contribution is -2.13. The highest BCUT2D eigenvalue weighted by Gasteiger charge is 2.14. The molecule has 6 nitrogen and oxygen atoms in total. The Morgan fingerprint density at radius 3 is 2.62 bits per heavy atom. The van der Waals surface area contributed by atoms with Crippen molar-refractivity contribution in [3.8, 4) is 11.5 Å². The van der Waals surface area contributed by atoms with Gasteiger partial charge in [-0.05, 0) is 36.8 Å². The Bertz CT molecular complexity index is 748. The standard InChI is InChI=1S/C17H16ClNO5/c18-11-7-8-15(24-9-3-6-16(21)22)13(10-11)19-17(23)12-4-1-2-5-14(12)20/h1-2,4-5,7-8,10,20H,3,6,9H2,(H,19,23)(H,21,22).